The molecular formula is C53H49N. The summed E-state index contributed by atoms with van der Waals surface area (Å²) >= 11 is 0. The lowest BCUT2D eigenvalue weighted by molar-refractivity contribution is 0.332. The van der Waals surface area contributed by atoms with Crippen LogP contribution in [0.2, 0.25) is 0 Å². The fourth-order valence-corrected chi connectivity index (χ4v) is 9.20. The Kier molecular flexibility index (Phi) is 8.05. The highest BCUT2D eigenvalue weighted by atomic mass is 15.1. The highest BCUT2D eigenvalue weighted by Crippen LogP contribution is 2.54. The minimum Gasteiger partial charge on any atom is -0.310 e. The summed E-state index contributed by atoms with van der Waals surface area (Å²) in [5, 5.41) is 0. The zero-order valence-corrected chi connectivity index (χ0v) is 32.4. The van der Waals surface area contributed by atoms with Gasteiger partial charge in [-0.3, -0.25) is 0 Å². The van der Waals surface area contributed by atoms with Gasteiger partial charge in [-0.25, -0.2) is 0 Å². The predicted molar refractivity (Wildman–Crippen MR) is 230 cm³/mol. The molecule has 2 aliphatic rings. The minimum atomic E-state index is -0.138. The van der Waals surface area contributed by atoms with E-state index < -0.39 is 0 Å². The maximum atomic E-state index is 2.53. The van der Waals surface area contributed by atoms with Crippen LogP contribution in [0.4, 0.5) is 17.1 Å². The van der Waals surface area contributed by atoms with Gasteiger partial charge in [0.2, 0.25) is 0 Å². The van der Waals surface area contributed by atoms with Crippen LogP contribution in [0.3, 0.4) is 0 Å². The van der Waals surface area contributed by atoms with Crippen LogP contribution in [0.15, 0.2) is 164 Å². The van der Waals surface area contributed by atoms with Crippen LogP contribution >= 0.6 is 0 Å². The normalized spacial score (nSPS) is 15.9. The average Bonchev–Trinajstić information content (AvgIpc) is 3.42. The Bertz CT molecular complexity index is 2400. The van der Waals surface area contributed by atoms with Crippen LogP contribution < -0.4 is 4.90 Å². The lowest BCUT2D eigenvalue weighted by atomic mass is 9.63. The van der Waals surface area contributed by atoms with Gasteiger partial charge in [-0.2, -0.15) is 0 Å². The largest absolute Gasteiger partial charge is 0.310 e. The molecule has 266 valence electrons. The van der Waals surface area contributed by atoms with Crippen LogP contribution in [-0.4, -0.2) is 0 Å². The van der Waals surface area contributed by atoms with Crippen LogP contribution in [-0.2, 0) is 16.2 Å². The number of anilines is 3. The van der Waals surface area contributed by atoms with Crippen molar-refractivity contribution in [2.75, 3.05) is 4.90 Å². The van der Waals surface area contributed by atoms with Gasteiger partial charge in [0.05, 0.1) is 5.69 Å². The first-order chi connectivity index (χ1) is 26.0. The standard InChI is InChI=1S/C53H49N/c1-51(2)31-32-52(3,4)49-33-40(25-30-47(49)51)44-34-45-43-19-13-14-20-46(43)53(5,6)48(45)35-50(44)54(41-26-21-38(22-27-41)36-15-9-7-10-16-36)42-28-23-39(24-29-42)37-17-11-8-12-18-37/h7-30,33-35H,31-32H2,1-6H3. The molecule has 0 saturated heterocycles. The Morgan fingerprint density at radius 3 is 1.41 bits per heavy atom. The number of benzene rings is 7. The fourth-order valence-electron chi connectivity index (χ4n) is 9.20. The summed E-state index contributed by atoms with van der Waals surface area (Å²) in [6.07, 6.45) is 2.39. The van der Waals surface area contributed by atoms with Gasteiger partial charge in [-0.05, 0) is 121 Å². The zero-order chi connectivity index (χ0) is 37.2. The monoisotopic (exact) mass is 699 g/mol. The second-order valence-corrected chi connectivity index (χ2v) is 17.3. The Morgan fingerprint density at radius 2 is 0.833 bits per heavy atom. The molecule has 0 radical (unpaired) electrons. The van der Waals surface area contributed by atoms with Crippen molar-refractivity contribution in [2.24, 2.45) is 0 Å². The number of rotatable bonds is 6. The van der Waals surface area contributed by atoms with Crippen LogP contribution in [0.25, 0.3) is 44.5 Å². The van der Waals surface area contributed by atoms with E-state index in [1.54, 1.807) is 0 Å². The first-order valence-corrected chi connectivity index (χ1v) is 19.6. The summed E-state index contributed by atoms with van der Waals surface area (Å²) in [7, 11) is 0. The van der Waals surface area contributed by atoms with Crippen molar-refractivity contribution in [3.8, 4) is 44.5 Å². The van der Waals surface area contributed by atoms with E-state index in [-0.39, 0.29) is 16.2 Å². The van der Waals surface area contributed by atoms with Crippen molar-refractivity contribution in [3.05, 3.63) is 186 Å². The summed E-state index contributed by atoms with van der Waals surface area (Å²) in [5.74, 6) is 0. The van der Waals surface area contributed by atoms with Crippen molar-refractivity contribution in [2.45, 2.75) is 70.6 Å². The molecule has 0 amide bonds. The molecule has 0 aliphatic heterocycles. The second kappa shape index (κ2) is 12.7. The summed E-state index contributed by atoms with van der Waals surface area (Å²) in [6.45, 7) is 14.5. The van der Waals surface area contributed by atoms with Gasteiger partial charge in [-0.1, -0.05) is 169 Å². The molecule has 7 aromatic rings. The molecule has 2 aliphatic carbocycles. The molecule has 0 heterocycles. The molecule has 0 atom stereocenters. The van der Waals surface area contributed by atoms with Crippen LogP contribution in [0.1, 0.15) is 76.6 Å². The van der Waals surface area contributed by atoms with Gasteiger partial charge >= 0.3 is 0 Å². The molecule has 54 heavy (non-hydrogen) atoms. The molecule has 0 saturated carbocycles. The number of nitrogens with zero attached hydrogens (tertiary/aromatic N) is 1. The summed E-state index contributed by atoms with van der Waals surface area (Å²) in [4.78, 5) is 2.49. The van der Waals surface area contributed by atoms with E-state index in [9.17, 15) is 0 Å². The van der Waals surface area contributed by atoms with Crippen molar-refractivity contribution in [1.29, 1.82) is 0 Å². The molecular weight excluding hydrogens is 651 g/mol. The lowest BCUT2D eigenvalue weighted by Gasteiger charge is -2.42. The Morgan fingerprint density at radius 1 is 0.352 bits per heavy atom. The smallest absolute Gasteiger partial charge is 0.0543 e. The number of fused-ring (bicyclic) bond motifs is 4. The van der Waals surface area contributed by atoms with Crippen molar-refractivity contribution >= 4 is 17.1 Å². The maximum Gasteiger partial charge on any atom is 0.0543 e. The SMILES string of the molecule is CC1(C)CCC(C)(C)c2cc(-c3cc4c(cc3N(c3ccc(-c5ccccc5)cc3)c3ccc(-c5ccccc5)cc3)C(C)(C)c3ccccc3-4)ccc21. The van der Waals surface area contributed by atoms with E-state index >= 15 is 0 Å². The minimum absolute atomic E-state index is 0.104. The average molecular weight is 700 g/mol. The molecule has 0 unspecified atom stereocenters. The van der Waals surface area contributed by atoms with Crippen LogP contribution in [0.5, 0.6) is 0 Å². The highest BCUT2D eigenvalue weighted by Gasteiger charge is 2.39. The van der Waals surface area contributed by atoms with Crippen molar-refractivity contribution < 1.29 is 0 Å². The van der Waals surface area contributed by atoms with Gasteiger partial charge in [0.15, 0.2) is 0 Å². The van der Waals surface area contributed by atoms with Gasteiger partial charge in [-0.15, -0.1) is 0 Å². The van der Waals surface area contributed by atoms with E-state index in [2.05, 4.69) is 210 Å². The molecule has 0 bridgehead atoms. The predicted octanol–water partition coefficient (Wildman–Crippen LogP) is 14.8. The molecule has 7 aromatic carbocycles. The molecule has 1 heteroatoms. The molecule has 9 rings (SSSR count). The van der Waals surface area contributed by atoms with Crippen molar-refractivity contribution in [3.63, 3.8) is 0 Å². The summed E-state index contributed by atoms with van der Waals surface area (Å²) in [6, 6.07) is 61.0. The highest BCUT2D eigenvalue weighted by molar-refractivity contribution is 5.95. The molecule has 0 aromatic heterocycles. The zero-order valence-electron chi connectivity index (χ0n) is 32.4. The van der Waals surface area contributed by atoms with Gasteiger partial charge in [0.25, 0.3) is 0 Å². The molecule has 0 fully saturated rings. The molecule has 0 N–H and O–H groups in total. The lowest BCUT2D eigenvalue weighted by Crippen LogP contribution is -2.33. The molecule has 1 nitrogen and oxygen atoms in total. The van der Waals surface area contributed by atoms with E-state index in [1.165, 1.54) is 85.3 Å². The molecule has 0 spiro atoms. The summed E-state index contributed by atoms with van der Waals surface area (Å²) < 4.78 is 0. The first kappa shape index (κ1) is 34.1. The maximum absolute atomic E-state index is 2.53. The first-order valence-electron chi connectivity index (χ1n) is 19.6. The van der Waals surface area contributed by atoms with E-state index in [0.717, 1.165) is 11.4 Å². The van der Waals surface area contributed by atoms with Gasteiger partial charge < -0.3 is 4.90 Å². The van der Waals surface area contributed by atoms with Gasteiger partial charge in [0.1, 0.15) is 0 Å². The quantitative estimate of drug-likeness (QED) is 0.167. The number of hydrogen-bond donors (Lipinski definition) is 0. The topological polar surface area (TPSA) is 3.24 Å². The third-order valence-electron chi connectivity index (χ3n) is 12.6. The van der Waals surface area contributed by atoms with Gasteiger partial charge in [0, 0.05) is 22.4 Å². The third-order valence-corrected chi connectivity index (χ3v) is 12.6. The van der Waals surface area contributed by atoms with Crippen LogP contribution in [0, 0.1) is 0 Å². The van der Waals surface area contributed by atoms with E-state index in [4.69, 9.17) is 0 Å². The Balaban J connectivity index is 1.30. The van der Waals surface area contributed by atoms with E-state index in [1.807, 2.05) is 0 Å². The Hall–Kier alpha value is -5.66. The summed E-state index contributed by atoms with van der Waals surface area (Å²) in [5.41, 5.74) is 19.4. The number of hydrogen-bond acceptors (Lipinski definition) is 1. The van der Waals surface area contributed by atoms with Crippen molar-refractivity contribution in [1.82, 2.24) is 0 Å². The second-order valence-electron chi connectivity index (χ2n) is 17.3. The Labute approximate surface area is 322 Å². The van der Waals surface area contributed by atoms with E-state index in [0.29, 0.717) is 0 Å². The fraction of sp³-hybridized carbons (Fsp3) is 0.208. The third kappa shape index (κ3) is 5.69.